The molecule has 0 unspecified atom stereocenters. The molecule has 152 valence electrons. The molecule has 0 spiro atoms. The predicted octanol–water partition coefficient (Wildman–Crippen LogP) is 5.00. The molecule has 1 aliphatic rings. The molecule has 0 fully saturated rings. The molecule has 0 aliphatic heterocycles. The van der Waals surface area contributed by atoms with Gasteiger partial charge in [-0.3, -0.25) is 14.4 Å². The molecule has 0 saturated carbocycles. The Morgan fingerprint density at radius 3 is 2.23 bits per heavy atom. The number of hydrogen-bond acceptors (Lipinski definition) is 3. The number of carbonyl (C=O) groups is 3. The molecule has 1 aromatic heterocycles. The second kappa shape index (κ2) is 7.06. The summed E-state index contributed by atoms with van der Waals surface area (Å²) >= 11 is 0. The Labute approximate surface area is 179 Å². The normalized spacial score (nSPS) is 12.6. The third kappa shape index (κ3) is 2.74. The number of aryl methyl sites for hydroxylation is 2. The van der Waals surface area contributed by atoms with Gasteiger partial charge in [-0.25, -0.2) is 0 Å². The summed E-state index contributed by atoms with van der Waals surface area (Å²) in [6.45, 7) is 4.55. The van der Waals surface area contributed by atoms with Crippen molar-refractivity contribution in [2.24, 2.45) is 0 Å². The van der Waals surface area contributed by atoms with E-state index in [9.17, 15) is 14.4 Å². The van der Waals surface area contributed by atoms with Gasteiger partial charge in [0, 0.05) is 34.1 Å². The van der Waals surface area contributed by atoms with Crippen LogP contribution in [0, 0.1) is 6.92 Å². The Balaban J connectivity index is 1.61. The summed E-state index contributed by atoms with van der Waals surface area (Å²) in [7, 11) is 0. The van der Waals surface area contributed by atoms with E-state index < -0.39 is 0 Å². The maximum Gasteiger partial charge on any atom is 0.272 e. The molecule has 5 heteroatoms. The van der Waals surface area contributed by atoms with Gasteiger partial charge in [0.1, 0.15) is 5.69 Å². The zero-order chi connectivity index (χ0) is 21.7. The number of benzene rings is 3. The SMILES string of the molecule is CCn1c(C(=O)Nc2cccc3c2C(=O)c2ccccc2C3=O)c(C)c2ccccc21. The van der Waals surface area contributed by atoms with Crippen LogP contribution in [0.4, 0.5) is 5.69 Å². The van der Waals surface area contributed by atoms with Crippen LogP contribution in [0.1, 0.15) is 54.8 Å². The molecule has 3 aromatic carbocycles. The van der Waals surface area contributed by atoms with Crippen LogP contribution in [0.15, 0.2) is 66.7 Å². The Hall–Kier alpha value is -3.99. The number of carbonyl (C=O) groups excluding carboxylic acids is 3. The second-order valence-corrected chi connectivity index (χ2v) is 7.62. The molecule has 0 atom stereocenters. The van der Waals surface area contributed by atoms with Gasteiger partial charge in [-0.15, -0.1) is 0 Å². The van der Waals surface area contributed by atoms with Crippen molar-refractivity contribution in [1.82, 2.24) is 4.57 Å². The summed E-state index contributed by atoms with van der Waals surface area (Å²) in [5.41, 5.74) is 4.09. The number of nitrogens with one attached hydrogen (secondary N) is 1. The molecule has 5 nitrogen and oxygen atoms in total. The van der Waals surface area contributed by atoms with Crippen molar-refractivity contribution in [2.45, 2.75) is 20.4 Å². The van der Waals surface area contributed by atoms with Crippen LogP contribution >= 0.6 is 0 Å². The maximum absolute atomic E-state index is 13.4. The van der Waals surface area contributed by atoms with Gasteiger partial charge in [0.05, 0.1) is 11.3 Å². The first-order chi connectivity index (χ1) is 15.0. The Bertz CT molecular complexity index is 1410. The number of nitrogens with zero attached hydrogens (tertiary/aromatic N) is 1. The molecule has 4 aromatic rings. The van der Waals surface area contributed by atoms with Crippen LogP contribution in [0.5, 0.6) is 0 Å². The molecule has 0 bridgehead atoms. The molecule has 31 heavy (non-hydrogen) atoms. The van der Waals surface area contributed by atoms with Crippen molar-refractivity contribution in [3.63, 3.8) is 0 Å². The van der Waals surface area contributed by atoms with Crippen molar-refractivity contribution >= 4 is 34.1 Å². The third-order valence-electron chi connectivity index (χ3n) is 5.96. The second-order valence-electron chi connectivity index (χ2n) is 7.62. The monoisotopic (exact) mass is 408 g/mol. The molecule has 1 amide bonds. The number of para-hydroxylation sites is 1. The summed E-state index contributed by atoms with van der Waals surface area (Å²) < 4.78 is 1.97. The standard InChI is InChI=1S/C26H20N2O3/c1-3-28-21-14-7-6-9-16(21)15(2)23(28)26(31)27-20-13-8-12-19-22(20)25(30)18-11-5-4-10-17(18)24(19)29/h4-14H,3H2,1-2H3,(H,27,31). The minimum atomic E-state index is -0.303. The molecular weight excluding hydrogens is 388 g/mol. The lowest BCUT2D eigenvalue weighted by Gasteiger charge is -2.20. The van der Waals surface area contributed by atoms with Crippen LogP contribution in [0.25, 0.3) is 10.9 Å². The number of anilines is 1. The molecule has 0 radical (unpaired) electrons. The minimum absolute atomic E-state index is 0.208. The lowest BCUT2D eigenvalue weighted by atomic mass is 9.83. The van der Waals surface area contributed by atoms with E-state index in [-0.39, 0.29) is 23.0 Å². The molecule has 1 N–H and O–H groups in total. The summed E-state index contributed by atoms with van der Waals surface area (Å²) in [5.74, 6) is -0.767. The first-order valence-electron chi connectivity index (χ1n) is 10.2. The van der Waals surface area contributed by atoms with Gasteiger partial charge in [0.25, 0.3) is 5.91 Å². The number of ketones is 2. The first-order valence-corrected chi connectivity index (χ1v) is 10.2. The summed E-state index contributed by atoms with van der Waals surface area (Å²) in [5, 5.41) is 3.93. The molecule has 1 heterocycles. The van der Waals surface area contributed by atoms with E-state index in [1.807, 2.05) is 42.7 Å². The van der Waals surface area contributed by atoms with E-state index in [1.54, 1.807) is 42.5 Å². The van der Waals surface area contributed by atoms with Gasteiger partial charge in [-0.05, 0) is 31.5 Å². The van der Waals surface area contributed by atoms with Crippen molar-refractivity contribution in [3.05, 3.63) is 100 Å². The Morgan fingerprint density at radius 1 is 0.839 bits per heavy atom. The van der Waals surface area contributed by atoms with Crippen molar-refractivity contribution < 1.29 is 14.4 Å². The largest absolute Gasteiger partial charge is 0.337 e. The van der Waals surface area contributed by atoms with Gasteiger partial charge < -0.3 is 9.88 Å². The van der Waals surface area contributed by atoms with E-state index in [4.69, 9.17) is 0 Å². The highest BCUT2D eigenvalue weighted by Gasteiger charge is 2.32. The Morgan fingerprint density at radius 2 is 1.48 bits per heavy atom. The topological polar surface area (TPSA) is 68.2 Å². The molecular formula is C26H20N2O3. The number of aromatic nitrogens is 1. The predicted molar refractivity (Wildman–Crippen MR) is 120 cm³/mol. The van der Waals surface area contributed by atoms with Crippen molar-refractivity contribution in [2.75, 3.05) is 5.32 Å². The smallest absolute Gasteiger partial charge is 0.272 e. The summed E-state index contributed by atoms with van der Waals surface area (Å²) in [4.78, 5) is 39.6. The minimum Gasteiger partial charge on any atom is -0.337 e. The fourth-order valence-electron chi connectivity index (χ4n) is 4.53. The van der Waals surface area contributed by atoms with Gasteiger partial charge >= 0.3 is 0 Å². The fraction of sp³-hybridized carbons (Fsp3) is 0.115. The van der Waals surface area contributed by atoms with E-state index >= 15 is 0 Å². The molecule has 0 saturated heterocycles. The van der Waals surface area contributed by atoms with Gasteiger partial charge in [-0.1, -0.05) is 54.6 Å². The van der Waals surface area contributed by atoms with E-state index in [1.165, 1.54) is 0 Å². The average molecular weight is 408 g/mol. The maximum atomic E-state index is 13.4. The van der Waals surface area contributed by atoms with Crippen LogP contribution in [-0.4, -0.2) is 22.0 Å². The summed E-state index contributed by atoms with van der Waals surface area (Å²) in [6, 6.07) is 19.7. The lowest BCUT2D eigenvalue weighted by Crippen LogP contribution is -2.25. The van der Waals surface area contributed by atoms with E-state index in [2.05, 4.69) is 5.32 Å². The average Bonchev–Trinajstić information content (AvgIpc) is 3.09. The first kappa shape index (κ1) is 19.0. The van der Waals surface area contributed by atoms with Gasteiger partial charge in [-0.2, -0.15) is 0 Å². The van der Waals surface area contributed by atoms with Gasteiger partial charge in [0.15, 0.2) is 11.6 Å². The number of amides is 1. The van der Waals surface area contributed by atoms with E-state index in [0.717, 1.165) is 16.5 Å². The highest BCUT2D eigenvalue weighted by atomic mass is 16.2. The zero-order valence-electron chi connectivity index (χ0n) is 17.2. The fourth-order valence-corrected chi connectivity index (χ4v) is 4.53. The quantitative estimate of drug-likeness (QED) is 0.457. The number of rotatable bonds is 3. The number of hydrogen-bond donors (Lipinski definition) is 1. The van der Waals surface area contributed by atoms with Crippen LogP contribution in [0.3, 0.4) is 0 Å². The van der Waals surface area contributed by atoms with Gasteiger partial charge in [0.2, 0.25) is 0 Å². The number of fused-ring (bicyclic) bond motifs is 3. The highest BCUT2D eigenvalue weighted by molar-refractivity contribution is 6.30. The van der Waals surface area contributed by atoms with Crippen molar-refractivity contribution in [3.8, 4) is 0 Å². The Kier molecular flexibility index (Phi) is 4.33. The van der Waals surface area contributed by atoms with Crippen LogP contribution in [-0.2, 0) is 6.54 Å². The molecule has 5 rings (SSSR count). The summed E-state index contributed by atoms with van der Waals surface area (Å²) in [6.07, 6.45) is 0. The van der Waals surface area contributed by atoms with Crippen LogP contribution in [0.2, 0.25) is 0 Å². The zero-order valence-corrected chi connectivity index (χ0v) is 17.2. The van der Waals surface area contributed by atoms with Crippen molar-refractivity contribution in [1.29, 1.82) is 0 Å². The molecule has 1 aliphatic carbocycles. The highest BCUT2D eigenvalue weighted by Crippen LogP contribution is 2.33. The lowest BCUT2D eigenvalue weighted by molar-refractivity contribution is 0.0978. The third-order valence-corrected chi connectivity index (χ3v) is 5.96. The van der Waals surface area contributed by atoms with Crippen LogP contribution < -0.4 is 5.32 Å². The van der Waals surface area contributed by atoms with E-state index in [0.29, 0.717) is 34.6 Å².